The Kier molecular flexibility index (Phi) is 5.22. The fourth-order valence-electron chi connectivity index (χ4n) is 1.31. The van der Waals surface area contributed by atoms with E-state index in [2.05, 4.69) is 6.92 Å². The predicted molar refractivity (Wildman–Crippen MR) is 64.1 cm³/mol. The lowest BCUT2D eigenvalue weighted by Gasteiger charge is -2.14. The summed E-state index contributed by atoms with van der Waals surface area (Å²) in [6.45, 7) is 2.52. The second kappa shape index (κ2) is 6.49. The van der Waals surface area contributed by atoms with Gasteiger partial charge in [-0.15, -0.1) is 0 Å². The Morgan fingerprint density at radius 3 is 2.87 bits per heavy atom. The second-order valence-electron chi connectivity index (χ2n) is 3.23. The van der Waals surface area contributed by atoms with Gasteiger partial charge < -0.3 is 10.5 Å². The molecule has 0 bridgehead atoms. The maximum absolute atomic E-state index is 5.98. The SMILES string of the molecule is CCC(N)c1ccccc1OC/C=C/Cl. The second-order valence-corrected chi connectivity index (χ2v) is 3.48. The molecule has 0 aliphatic carbocycles. The van der Waals surface area contributed by atoms with Crippen molar-refractivity contribution in [2.75, 3.05) is 6.61 Å². The standard InChI is InChI=1S/C12H16ClNO/c1-2-11(14)10-6-3-4-7-12(10)15-9-5-8-13/h3-8,11H,2,9,14H2,1H3/b8-5+. The maximum atomic E-state index is 5.98. The fraction of sp³-hybridized carbons (Fsp3) is 0.333. The van der Waals surface area contributed by atoms with Crippen LogP contribution in [0.15, 0.2) is 35.9 Å². The van der Waals surface area contributed by atoms with Crippen LogP contribution in [-0.4, -0.2) is 6.61 Å². The first-order valence-electron chi connectivity index (χ1n) is 5.02. The zero-order chi connectivity index (χ0) is 11.1. The molecule has 0 saturated heterocycles. The van der Waals surface area contributed by atoms with Crippen molar-refractivity contribution in [3.63, 3.8) is 0 Å². The molecule has 82 valence electrons. The van der Waals surface area contributed by atoms with Gasteiger partial charge in [0.25, 0.3) is 0 Å². The Balaban J connectivity index is 2.76. The summed E-state index contributed by atoms with van der Waals surface area (Å²) in [6, 6.07) is 7.85. The van der Waals surface area contributed by atoms with E-state index in [1.165, 1.54) is 5.54 Å². The van der Waals surface area contributed by atoms with Gasteiger partial charge in [-0.2, -0.15) is 0 Å². The normalized spacial score (nSPS) is 13.0. The number of nitrogens with two attached hydrogens (primary N) is 1. The minimum absolute atomic E-state index is 0.0289. The summed E-state index contributed by atoms with van der Waals surface area (Å²) >= 11 is 5.41. The fourth-order valence-corrected chi connectivity index (χ4v) is 1.39. The summed E-state index contributed by atoms with van der Waals surface area (Å²) in [6.07, 6.45) is 2.64. The highest BCUT2D eigenvalue weighted by molar-refractivity contribution is 6.25. The third-order valence-electron chi connectivity index (χ3n) is 2.18. The van der Waals surface area contributed by atoms with Gasteiger partial charge in [0.05, 0.1) is 0 Å². The van der Waals surface area contributed by atoms with E-state index in [0.717, 1.165) is 17.7 Å². The zero-order valence-electron chi connectivity index (χ0n) is 8.82. The Labute approximate surface area is 95.7 Å². The van der Waals surface area contributed by atoms with Gasteiger partial charge in [-0.25, -0.2) is 0 Å². The van der Waals surface area contributed by atoms with Crippen molar-refractivity contribution in [3.05, 3.63) is 41.4 Å². The molecule has 0 aliphatic rings. The third-order valence-corrected chi connectivity index (χ3v) is 2.36. The smallest absolute Gasteiger partial charge is 0.124 e. The molecular formula is C12H16ClNO. The van der Waals surface area contributed by atoms with Crippen LogP contribution in [0, 0.1) is 0 Å². The van der Waals surface area contributed by atoms with Gasteiger partial charge in [0, 0.05) is 17.1 Å². The molecule has 15 heavy (non-hydrogen) atoms. The summed E-state index contributed by atoms with van der Waals surface area (Å²) < 4.78 is 5.55. The van der Waals surface area contributed by atoms with E-state index in [1.54, 1.807) is 6.08 Å². The monoisotopic (exact) mass is 225 g/mol. The van der Waals surface area contributed by atoms with E-state index in [1.807, 2.05) is 24.3 Å². The number of ether oxygens (including phenoxy) is 1. The quantitative estimate of drug-likeness (QED) is 0.835. The molecule has 1 atom stereocenters. The summed E-state index contributed by atoms with van der Waals surface area (Å²) in [5.41, 5.74) is 8.47. The number of benzene rings is 1. The molecule has 0 fully saturated rings. The summed E-state index contributed by atoms with van der Waals surface area (Å²) in [4.78, 5) is 0. The zero-order valence-corrected chi connectivity index (χ0v) is 9.58. The molecule has 0 aromatic heterocycles. The largest absolute Gasteiger partial charge is 0.489 e. The van der Waals surface area contributed by atoms with Crippen molar-refractivity contribution in [3.8, 4) is 5.75 Å². The lowest BCUT2D eigenvalue weighted by Crippen LogP contribution is -2.10. The van der Waals surface area contributed by atoms with Crippen LogP contribution in [-0.2, 0) is 0 Å². The van der Waals surface area contributed by atoms with Gasteiger partial charge in [-0.1, -0.05) is 36.7 Å². The molecule has 1 aromatic carbocycles. The first-order chi connectivity index (χ1) is 7.29. The molecule has 1 unspecified atom stereocenters. The van der Waals surface area contributed by atoms with Crippen LogP contribution in [0.3, 0.4) is 0 Å². The van der Waals surface area contributed by atoms with Crippen LogP contribution in [0.2, 0.25) is 0 Å². The van der Waals surface area contributed by atoms with Crippen molar-refractivity contribution in [1.29, 1.82) is 0 Å². The summed E-state index contributed by atoms with van der Waals surface area (Å²) in [5.74, 6) is 0.835. The average molecular weight is 226 g/mol. The lowest BCUT2D eigenvalue weighted by molar-refractivity contribution is 0.356. The molecule has 1 rings (SSSR count). The number of hydrogen-bond donors (Lipinski definition) is 1. The van der Waals surface area contributed by atoms with Crippen LogP contribution >= 0.6 is 11.6 Å². The molecule has 0 spiro atoms. The Hall–Kier alpha value is -0.990. The lowest BCUT2D eigenvalue weighted by atomic mass is 10.0. The number of hydrogen-bond acceptors (Lipinski definition) is 2. The molecule has 3 heteroatoms. The van der Waals surface area contributed by atoms with E-state index in [4.69, 9.17) is 22.1 Å². The Morgan fingerprint density at radius 1 is 1.47 bits per heavy atom. The highest BCUT2D eigenvalue weighted by Crippen LogP contribution is 2.25. The molecule has 2 N–H and O–H groups in total. The Morgan fingerprint density at radius 2 is 2.20 bits per heavy atom. The van der Waals surface area contributed by atoms with Crippen molar-refractivity contribution in [2.45, 2.75) is 19.4 Å². The van der Waals surface area contributed by atoms with Crippen molar-refractivity contribution in [2.24, 2.45) is 5.73 Å². The molecule has 1 aromatic rings. The molecule has 0 amide bonds. The predicted octanol–water partition coefficient (Wildman–Crippen LogP) is 3.23. The average Bonchev–Trinajstić information content (AvgIpc) is 2.29. The highest BCUT2D eigenvalue weighted by atomic mass is 35.5. The molecule has 2 nitrogen and oxygen atoms in total. The van der Waals surface area contributed by atoms with Gasteiger partial charge >= 0.3 is 0 Å². The summed E-state index contributed by atoms with van der Waals surface area (Å²) in [7, 11) is 0. The first-order valence-corrected chi connectivity index (χ1v) is 5.45. The maximum Gasteiger partial charge on any atom is 0.124 e. The molecule has 0 radical (unpaired) electrons. The number of rotatable bonds is 5. The van der Waals surface area contributed by atoms with Crippen molar-refractivity contribution in [1.82, 2.24) is 0 Å². The van der Waals surface area contributed by atoms with Crippen LogP contribution < -0.4 is 10.5 Å². The molecule has 0 aliphatic heterocycles. The number of halogens is 1. The van der Waals surface area contributed by atoms with E-state index < -0.39 is 0 Å². The highest BCUT2D eigenvalue weighted by Gasteiger charge is 2.08. The molecular weight excluding hydrogens is 210 g/mol. The van der Waals surface area contributed by atoms with Gasteiger partial charge in [-0.3, -0.25) is 0 Å². The van der Waals surface area contributed by atoms with E-state index in [0.29, 0.717) is 6.61 Å². The minimum atomic E-state index is 0.0289. The van der Waals surface area contributed by atoms with Crippen LogP contribution in [0.5, 0.6) is 5.75 Å². The van der Waals surface area contributed by atoms with Crippen molar-refractivity contribution < 1.29 is 4.74 Å². The van der Waals surface area contributed by atoms with Gasteiger partial charge in [-0.05, 0) is 18.6 Å². The summed E-state index contributed by atoms with van der Waals surface area (Å²) in [5, 5.41) is 0. The Bertz CT molecular complexity index is 325. The van der Waals surface area contributed by atoms with Crippen LogP contribution in [0.25, 0.3) is 0 Å². The number of para-hydroxylation sites is 1. The first kappa shape index (κ1) is 12.1. The van der Waals surface area contributed by atoms with Gasteiger partial charge in [0.1, 0.15) is 12.4 Å². The molecule has 0 saturated carbocycles. The molecule has 0 heterocycles. The third kappa shape index (κ3) is 3.57. The van der Waals surface area contributed by atoms with Crippen molar-refractivity contribution >= 4 is 11.6 Å². The topological polar surface area (TPSA) is 35.2 Å². The van der Waals surface area contributed by atoms with Crippen LogP contribution in [0.4, 0.5) is 0 Å². The van der Waals surface area contributed by atoms with Gasteiger partial charge in [0.2, 0.25) is 0 Å². The van der Waals surface area contributed by atoms with Gasteiger partial charge in [0.15, 0.2) is 0 Å². The van der Waals surface area contributed by atoms with E-state index >= 15 is 0 Å². The minimum Gasteiger partial charge on any atom is -0.489 e. The van der Waals surface area contributed by atoms with E-state index in [9.17, 15) is 0 Å². The van der Waals surface area contributed by atoms with E-state index in [-0.39, 0.29) is 6.04 Å². The van der Waals surface area contributed by atoms with Crippen LogP contribution in [0.1, 0.15) is 24.9 Å².